The van der Waals surface area contributed by atoms with Crippen LogP contribution in [-0.4, -0.2) is 45.7 Å². The van der Waals surface area contributed by atoms with E-state index in [2.05, 4.69) is 34.0 Å². The van der Waals surface area contributed by atoms with Crippen LogP contribution < -0.4 is 10.2 Å². The fourth-order valence-corrected chi connectivity index (χ4v) is 3.65. The number of pyridine rings is 1. The number of hydrogen-bond acceptors (Lipinski definition) is 5. The summed E-state index contributed by atoms with van der Waals surface area (Å²) < 4.78 is 7.76. The summed E-state index contributed by atoms with van der Waals surface area (Å²) in [5.41, 5.74) is 2.68. The van der Waals surface area contributed by atoms with Gasteiger partial charge in [0, 0.05) is 26.1 Å². The van der Waals surface area contributed by atoms with Crippen molar-refractivity contribution in [2.24, 2.45) is 0 Å². The average molecular weight is 379 g/mol. The van der Waals surface area contributed by atoms with Gasteiger partial charge in [-0.05, 0) is 38.1 Å². The minimum Gasteiger partial charge on any atom is -0.372 e. The Morgan fingerprint density at radius 1 is 1.14 bits per heavy atom. The minimum absolute atomic E-state index is 0.0408. The third-order valence-electron chi connectivity index (χ3n) is 4.88. The summed E-state index contributed by atoms with van der Waals surface area (Å²) >= 11 is 0. The number of imidazole rings is 1. The van der Waals surface area contributed by atoms with Gasteiger partial charge in [-0.15, -0.1) is 0 Å². The van der Waals surface area contributed by atoms with Crippen LogP contribution in [0.15, 0.2) is 48.9 Å². The van der Waals surface area contributed by atoms with Crippen molar-refractivity contribution in [1.29, 1.82) is 0 Å². The highest BCUT2D eigenvalue weighted by Gasteiger charge is 2.23. The first kappa shape index (κ1) is 18.4. The number of fused-ring (bicyclic) bond motifs is 1. The van der Waals surface area contributed by atoms with E-state index in [0.29, 0.717) is 18.7 Å². The predicted octanol–water partition coefficient (Wildman–Crippen LogP) is 3.07. The molecular formula is C21H25N5O2. The lowest BCUT2D eigenvalue weighted by Crippen LogP contribution is -2.45. The van der Waals surface area contributed by atoms with E-state index in [1.807, 2.05) is 41.0 Å². The molecule has 0 radical (unpaired) electrons. The Labute approximate surface area is 164 Å². The molecule has 28 heavy (non-hydrogen) atoms. The second kappa shape index (κ2) is 7.98. The molecule has 1 fully saturated rings. The van der Waals surface area contributed by atoms with E-state index >= 15 is 0 Å². The number of benzene rings is 1. The van der Waals surface area contributed by atoms with Gasteiger partial charge in [0.05, 0.1) is 41.5 Å². The number of para-hydroxylation sites is 2. The Hall–Kier alpha value is -2.93. The van der Waals surface area contributed by atoms with Crippen LogP contribution in [0.2, 0.25) is 0 Å². The highest BCUT2D eigenvalue weighted by Crippen LogP contribution is 2.20. The molecular weight excluding hydrogens is 354 g/mol. The number of amides is 1. The molecule has 4 rings (SSSR count). The van der Waals surface area contributed by atoms with E-state index in [1.54, 1.807) is 12.5 Å². The van der Waals surface area contributed by atoms with Gasteiger partial charge in [0.2, 0.25) is 5.91 Å². The molecule has 2 atom stereocenters. The Balaban J connectivity index is 1.33. The van der Waals surface area contributed by atoms with Crippen LogP contribution in [0.1, 0.15) is 20.3 Å². The van der Waals surface area contributed by atoms with E-state index in [9.17, 15) is 4.79 Å². The van der Waals surface area contributed by atoms with Crippen molar-refractivity contribution in [2.45, 2.75) is 39.0 Å². The zero-order chi connectivity index (χ0) is 19.5. The highest BCUT2D eigenvalue weighted by atomic mass is 16.5. The maximum Gasteiger partial charge on any atom is 0.226 e. The van der Waals surface area contributed by atoms with Crippen LogP contribution in [-0.2, 0) is 16.1 Å². The highest BCUT2D eigenvalue weighted by molar-refractivity contribution is 5.90. The number of carbonyl (C=O) groups is 1. The lowest BCUT2D eigenvalue weighted by atomic mass is 10.2. The maximum absolute atomic E-state index is 12.3. The predicted molar refractivity (Wildman–Crippen MR) is 109 cm³/mol. The van der Waals surface area contributed by atoms with Gasteiger partial charge in [0.25, 0.3) is 0 Å². The van der Waals surface area contributed by atoms with Crippen LogP contribution in [0.4, 0.5) is 11.5 Å². The second-order valence-corrected chi connectivity index (χ2v) is 7.29. The molecule has 1 aromatic carbocycles. The van der Waals surface area contributed by atoms with Crippen molar-refractivity contribution in [3.63, 3.8) is 0 Å². The quantitative estimate of drug-likeness (QED) is 0.738. The van der Waals surface area contributed by atoms with Crippen molar-refractivity contribution in [3.05, 3.63) is 48.9 Å². The number of rotatable bonds is 5. The second-order valence-electron chi connectivity index (χ2n) is 7.29. The molecule has 0 bridgehead atoms. The van der Waals surface area contributed by atoms with Crippen molar-refractivity contribution >= 4 is 28.4 Å². The Morgan fingerprint density at radius 3 is 2.68 bits per heavy atom. The summed E-state index contributed by atoms with van der Waals surface area (Å²) in [5, 5.41) is 2.92. The third kappa shape index (κ3) is 4.14. The van der Waals surface area contributed by atoms with Crippen LogP contribution >= 0.6 is 0 Å². The van der Waals surface area contributed by atoms with E-state index in [1.165, 1.54) is 0 Å². The molecule has 7 heteroatoms. The van der Waals surface area contributed by atoms with Gasteiger partial charge >= 0.3 is 0 Å². The largest absolute Gasteiger partial charge is 0.372 e. The molecule has 1 amide bonds. The van der Waals surface area contributed by atoms with Crippen molar-refractivity contribution in [2.75, 3.05) is 23.3 Å². The van der Waals surface area contributed by atoms with Gasteiger partial charge in [0.15, 0.2) is 0 Å². The van der Waals surface area contributed by atoms with Crippen LogP contribution in [0.25, 0.3) is 11.0 Å². The molecule has 1 aliphatic rings. The van der Waals surface area contributed by atoms with Gasteiger partial charge in [-0.25, -0.2) is 9.97 Å². The number of nitrogens with one attached hydrogen (secondary N) is 1. The summed E-state index contributed by atoms with van der Waals surface area (Å²) in [5.74, 6) is 0.867. The fourth-order valence-electron chi connectivity index (χ4n) is 3.65. The minimum atomic E-state index is -0.0408. The van der Waals surface area contributed by atoms with Crippen molar-refractivity contribution in [3.8, 4) is 0 Å². The summed E-state index contributed by atoms with van der Waals surface area (Å²) in [4.78, 5) is 23.4. The van der Waals surface area contributed by atoms with E-state index in [-0.39, 0.29) is 18.1 Å². The lowest BCUT2D eigenvalue weighted by molar-refractivity contribution is -0.116. The molecule has 2 aromatic heterocycles. The number of aromatic nitrogens is 3. The SMILES string of the molecule is CC1CN(c2ccc(NC(=O)CCn3cnc4ccccc43)cn2)CC(C)O1. The Morgan fingerprint density at radius 2 is 1.93 bits per heavy atom. The third-order valence-corrected chi connectivity index (χ3v) is 4.88. The first-order valence-electron chi connectivity index (χ1n) is 9.64. The van der Waals surface area contributed by atoms with E-state index in [4.69, 9.17) is 4.74 Å². The van der Waals surface area contributed by atoms with Crippen molar-refractivity contribution in [1.82, 2.24) is 14.5 Å². The Kier molecular flexibility index (Phi) is 5.25. The number of morpholine rings is 1. The fraction of sp³-hybridized carbons (Fsp3) is 0.381. The topological polar surface area (TPSA) is 72.3 Å². The standard InChI is InChI=1S/C21H25N5O2/c1-15-12-26(13-16(2)28-15)20-8-7-17(11-22-20)24-21(27)9-10-25-14-23-18-5-3-4-6-19(18)25/h3-8,11,14-16H,9-10,12-13H2,1-2H3,(H,24,27). The summed E-state index contributed by atoms with van der Waals surface area (Å²) in [7, 11) is 0. The lowest BCUT2D eigenvalue weighted by Gasteiger charge is -2.36. The number of nitrogens with zero attached hydrogens (tertiary/aromatic N) is 4. The zero-order valence-corrected chi connectivity index (χ0v) is 16.2. The molecule has 7 nitrogen and oxygen atoms in total. The van der Waals surface area contributed by atoms with Crippen LogP contribution in [0.3, 0.4) is 0 Å². The molecule has 0 aliphatic carbocycles. The number of aryl methyl sites for hydroxylation is 1. The molecule has 1 aliphatic heterocycles. The van der Waals surface area contributed by atoms with E-state index < -0.39 is 0 Å². The molecule has 0 spiro atoms. The molecule has 3 aromatic rings. The van der Waals surface area contributed by atoms with E-state index in [0.717, 1.165) is 29.9 Å². The molecule has 2 unspecified atom stereocenters. The van der Waals surface area contributed by atoms with Gasteiger partial charge in [-0.1, -0.05) is 12.1 Å². The average Bonchev–Trinajstić information content (AvgIpc) is 3.09. The van der Waals surface area contributed by atoms with Gasteiger partial charge in [0.1, 0.15) is 5.82 Å². The Bertz CT molecular complexity index is 943. The van der Waals surface area contributed by atoms with Gasteiger partial charge in [-0.2, -0.15) is 0 Å². The molecule has 3 heterocycles. The van der Waals surface area contributed by atoms with Gasteiger partial charge in [-0.3, -0.25) is 4.79 Å². The maximum atomic E-state index is 12.3. The molecule has 1 saturated heterocycles. The first-order chi connectivity index (χ1) is 13.6. The monoisotopic (exact) mass is 379 g/mol. The van der Waals surface area contributed by atoms with Crippen LogP contribution in [0.5, 0.6) is 0 Å². The first-order valence-corrected chi connectivity index (χ1v) is 9.64. The number of hydrogen-bond donors (Lipinski definition) is 1. The normalized spacial score (nSPS) is 19.7. The summed E-state index contributed by atoms with van der Waals surface area (Å²) in [6.45, 7) is 6.37. The smallest absolute Gasteiger partial charge is 0.226 e. The number of ether oxygens (including phenoxy) is 1. The molecule has 0 saturated carbocycles. The molecule has 1 N–H and O–H groups in total. The summed E-state index contributed by atoms with van der Waals surface area (Å²) in [6.07, 6.45) is 4.23. The van der Waals surface area contributed by atoms with Crippen LogP contribution in [0, 0.1) is 0 Å². The van der Waals surface area contributed by atoms with Gasteiger partial charge < -0.3 is 19.5 Å². The van der Waals surface area contributed by atoms with Crippen molar-refractivity contribution < 1.29 is 9.53 Å². The summed E-state index contributed by atoms with van der Waals surface area (Å²) in [6, 6.07) is 11.8. The zero-order valence-electron chi connectivity index (χ0n) is 16.2. The number of anilines is 2. The number of carbonyl (C=O) groups excluding carboxylic acids is 1. The molecule has 146 valence electrons.